The van der Waals surface area contributed by atoms with Gasteiger partial charge in [-0.1, -0.05) is 6.07 Å². The van der Waals surface area contributed by atoms with E-state index >= 15 is 0 Å². The highest BCUT2D eigenvalue weighted by molar-refractivity contribution is 5.67. The van der Waals surface area contributed by atoms with Crippen LogP contribution in [0.15, 0.2) is 22.7 Å². The summed E-state index contributed by atoms with van der Waals surface area (Å²) in [5.41, 5.74) is 6.34. The number of hydrogen-bond acceptors (Lipinski definition) is 6. The van der Waals surface area contributed by atoms with Gasteiger partial charge in [0.05, 0.1) is 4.92 Å². The molecular formula is C9H8N4O3. The highest BCUT2D eigenvalue weighted by Crippen LogP contribution is 2.29. The van der Waals surface area contributed by atoms with Gasteiger partial charge < -0.3 is 10.3 Å². The van der Waals surface area contributed by atoms with Gasteiger partial charge in [-0.25, -0.2) is 0 Å². The molecule has 1 aromatic heterocycles. The smallest absolute Gasteiger partial charge is 0.282 e. The van der Waals surface area contributed by atoms with Gasteiger partial charge in [0.25, 0.3) is 17.5 Å². The van der Waals surface area contributed by atoms with E-state index in [1.54, 1.807) is 12.1 Å². The van der Waals surface area contributed by atoms with Gasteiger partial charge in [0.15, 0.2) is 0 Å². The molecule has 0 unspecified atom stereocenters. The topological polar surface area (TPSA) is 108 Å². The summed E-state index contributed by atoms with van der Waals surface area (Å²) in [6.45, 7) is 1.81. The molecule has 2 rings (SSSR count). The van der Waals surface area contributed by atoms with Crippen LogP contribution < -0.4 is 5.73 Å². The summed E-state index contributed by atoms with van der Waals surface area (Å²) >= 11 is 0. The first kappa shape index (κ1) is 10.1. The van der Waals surface area contributed by atoms with Crippen LogP contribution in [-0.2, 0) is 0 Å². The monoisotopic (exact) mass is 220 g/mol. The van der Waals surface area contributed by atoms with E-state index in [2.05, 4.69) is 10.1 Å². The zero-order chi connectivity index (χ0) is 11.7. The molecule has 0 fully saturated rings. The Kier molecular flexibility index (Phi) is 2.28. The number of rotatable bonds is 2. The summed E-state index contributed by atoms with van der Waals surface area (Å²) in [4.78, 5) is 14.1. The largest absolute Gasteiger partial charge is 0.365 e. The molecule has 0 bridgehead atoms. The lowest BCUT2D eigenvalue weighted by Gasteiger charge is -1.98. The van der Waals surface area contributed by atoms with Crippen LogP contribution in [0.25, 0.3) is 11.5 Å². The third kappa shape index (κ3) is 1.70. The zero-order valence-electron chi connectivity index (χ0n) is 8.38. The van der Waals surface area contributed by atoms with E-state index < -0.39 is 4.92 Å². The number of aryl methyl sites for hydroxylation is 1. The number of nitrogens with zero attached hydrogens (tertiary/aromatic N) is 3. The van der Waals surface area contributed by atoms with Crippen LogP contribution in [0.4, 0.5) is 11.6 Å². The molecule has 1 heterocycles. The fraction of sp³-hybridized carbons (Fsp3) is 0.111. The van der Waals surface area contributed by atoms with E-state index in [9.17, 15) is 10.1 Å². The van der Waals surface area contributed by atoms with E-state index in [-0.39, 0.29) is 23.1 Å². The summed E-state index contributed by atoms with van der Waals surface area (Å²) in [6, 6.07) is 4.64. The minimum atomic E-state index is -0.505. The first-order valence-corrected chi connectivity index (χ1v) is 4.42. The van der Waals surface area contributed by atoms with Crippen molar-refractivity contribution >= 4 is 11.6 Å². The minimum absolute atomic E-state index is 0.0490. The standard InChI is InChI=1S/C9H8N4O3/c1-5-2-3-7(13(14)15)6(4-5)8-11-9(10)12-16-8/h2-4H,1H3,(H2,10,12). The molecule has 0 saturated heterocycles. The molecule has 82 valence electrons. The number of benzene rings is 1. The molecule has 0 amide bonds. The van der Waals surface area contributed by atoms with Crippen LogP contribution in [-0.4, -0.2) is 15.1 Å². The van der Waals surface area contributed by atoms with Crippen molar-refractivity contribution in [2.24, 2.45) is 0 Å². The van der Waals surface area contributed by atoms with Crippen molar-refractivity contribution in [3.8, 4) is 11.5 Å². The molecule has 7 heteroatoms. The van der Waals surface area contributed by atoms with E-state index in [1.807, 2.05) is 6.92 Å². The Morgan fingerprint density at radius 1 is 1.50 bits per heavy atom. The normalized spacial score (nSPS) is 10.3. The lowest BCUT2D eigenvalue weighted by molar-refractivity contribution is -0.384. The number of aromatic nitrogens is 2. The minimum Gasteiger partial charge on any atom is -0.365 e. The number of hydrogen-bond donors (Lipinski definition) is 1. The molecule has 0 aliphatic heterocycles. The molecule has 0 spiro atoms. The molecule has 2 N–H and O–H groups in total. The maximum absolute atomic E-state index is 10.8. The van der Waals surface area contributed by atoms with Crippen molar-refractivity contribution in [2.75, 3.05) is 5.73 Å². The average molecular weight is 220 g/mol. The second-order valence-corrected chi connectivity index (χ2v) is 3.24. The lowest BCUT2D eigenvalue weighted by atomic mass is 10.1. The Morgan fingerprint density at radius 3 is 2.81 bits per heavy atom. The first-order chi connectivity index (χ1) is 7.58. The van der Waals surface area contributed by atoms with E-state index in [1.165, 1.54) is 6.07 Å². The Morgan fingerprint density at radius 2 is 2.25 bits per heavy atom. The van der Waals surface area contributed by atoms with Crippen molar-refractivity contribution in [3.05, 3.63) is 33.9 Å². The van der Waals surface area contributed by atoms with Crippen molar-refractivity contribution < 1.29 is 9.45 Å². The number of anilines is 1. The van der Waals surface area contributed by atoms with Crippen LogP contribution >= 0.6 is 0 Å². The van der Waals surface area contributed by atoms with Gasteiger partial charge in [-0.3, -0.25) is 10.1 Å². The zero-order valence-corrected chi connectivity index (χ0v) is 8.38. The van der Waals surface area contributed by atoms with Gasteiger partial charge in [0.1, 0.15) is 5.56 Å². The van der Waals surface area contributed by atoms with Crippen molar-refractivity contribution in [2.45, 2.75) is 6.92 Å². The van der Waals surface area contributed by atoms with E-state index in [4.69, 9.17) is 10.3 Å². The van der Waals surface area contributed by atoms with Gasteiger partial charge in [0.2, 0.25) is 0 Å². The fourth-order valence-corrected chi connectivity index (χ4v) is 1.32. The highest BCUT2D eigenvalue weighted by atomic mass is 16.6. The summed E-state index contributed by atoms with van der Waals surface area (Å²) in [7, 11) is 0. The lowest BCUT2D eigenvalue weighted by Crippen LogP contribution is -1.93. The summed E-state index contributed by atoms with van der Waals surface area (Å²) < 4.78 is 4.81. The Balaban J connectivity index is 2.62. The number of nitrogen functional groups attached to an aromatic ring is 1. The third-order valence-corrected chi connectivity index (χ3v) is 2.02. The van der Waals surface area contributed by atoms with Crippen LogP contribution in [0, 0.1) is 17.0 Å². The molecule has 2 aromatic rings. The predicted molar refractivity (Wildman–Crippen MR) is 55.5 cm³/mol. The molecule has 1 aromatic carbocycles. The van der Waals surface area contributed by atoms with Gasteiger partial charge in [-0.2, -0.15) is 4.98 Å². The van der Waals surface area contributed by atoms with Crippen LogP contribution in [0.1, 0.15) is 5.56 Å². The Hall–Kier alpha value is -2.44. The number of nitro benzene ring substituents is 1. The molecule has 16 heavy (non-hydrogen) atoms. The first-order valence-electron chi connectivity index (χ1n) is 4.42. The molecule has 0 aliphatic rings. The summed E-state index contributed by atoms with van der Waals surface area (Å²) in [6.07, 6.45) is 0. The van der Waals surface area contributed by atoms with Gasteiger partial charge in [-0.15, -0.1) is 0 Å². The Bertz CT molecular complexity index is 549. The highest BCUT2D eigenvalue weighted by Gasteiger charge is 2.19. The summed E-state index contributed by atoms with van der Waals surface area (Å²) in [5.74, 6) is -0.00120. The second kappa shape index (κ2) is 3.61. The third-order valence-electron chi connectivity index (χ3n) is 2.02. The van der Waals surface area contributed by atoms with Gasteiger partial charge >= 0.3 is 0 Å². The molecule has 0 atom stereocenters. The van der Waals surface area contributed by atoms with Crippen LogP contribution in [0.3, 0.4) is 0 Å². The van der Waals surface area contributed by atoms with Crippen molar-refractivity contribution in [1.29, 1.82) is 0 Å². The van der Waals surface area contributed by atoms with Crippen molar-refractivity contribution in [1.82, 2.24) is 10.1 Å². The molecule has 0 aliphatic carbocycles. The van der Waals surface area contributed by atoms with Crippen LogP contribution in [0.2, 0.25) is 0 Å². The Labute approximate surface area is 90.0 Å². The number of nitro groups is 1. The quantitative estimate of drug-likeness (QED) is 0.607. The van der Waals surface area contributed by atoms with Crippen LogP contribution in [0.5, 0.6) is 0 Å². The predicted octanol–water partition coefficient (Wildman–Crippen LogP) is 1.54. The van der Waals surface area contributed by atoms with E-state index in [0.29, 0.717) is 0 Å². The van der Waals surface area contributed by atoms with Gasteiger partial charge in [-0.05, 0) is 23.7 Å². The van der Waals surface area contributed by atoms with E-state index in [0.717, 1.165) is 5.56 Å². The summed E-state index contributed by atoms with van der Waals surface area (Å²) in [5, 5.41) is 14.2. The molecule has 7 nitrogen and oxygen atoms in total. The maximum atomic E-state index is 10.8. The number of nitrogens with two attached hydrogens (primary N) is 1. The maximum Gasteiger partial charge on any atom is 0.282 e. The second-order valence-electron chi connectivity index (χ2n) is 3.24. The fourth-order valence-electron chi connectivity index (χ4n) is 1.32. The molecule has 0 saturated carbocycles. The molecular weight excluding hydrogens is 212 g/mol. The SMILES string of the molecule is Cc1ccc([N+](=O)[O-])c(-c2nc(N)no2)c1. The van der Waals surface area contributed by atoms with Crippen molar-refractivity contribution in [3.63, 3.8) is 0 Å². The van der Waals surface area contributed by atoms with Gasteiger partial charge in [0, 0.05) is 6.07 Å². The average Bonchev–Trinajstić information content (AvgIpc) is 2.64. The molecule has 0 radical (unpaired) electrons.